The molecule has 1 fully saturated rings. The molecule has 1 saturated carbocycles. The summed E-state index contributed by atoms with van der Waals surface area (Å²) in [4.78, 5) is 11.4. The summed E-state index contributed by atoms with van der Waals surface area (Å²) in [6.07, 6.45) is -0.769. The fourth-order valence-electron chi connectivity index (χ4n) is 1.77. The normalized spacial score (nSPS) is 25.9. The lowest BCUT2D eigenvalue weighted by molar-refractivity contribution is -0.177. The van der Waals surface area contributed by atoms with Crippen molar-refractivity contribution in [1.29, 1.82) is 0 Å². The number of alkyl halides is 2. The molecule has 0 heterocycles. The molecule has 1 aliphatic rings. The largest absolute Gasteiger partial charge is 0.359 e. The monoisotopic (exact) mass is 209 g/mol. The van der Waals surface area contributed by atoms with Crippen molar-refractivity contribution in [2.75, 3.05) is 7.05 Å². The number of carbonyl (C=O) groups is 1. The molecule has 1 rings (SSSR count). The number of halogens is 2. The first-order valence-electron chi connectivity index (χ1n) is 4.12. The fraction of sp³-hybridized carbons (Fsp3) is 0.875. The average Bonchev–Trinajstić information content (AvgIpc) is 1.97. The summed E-state index contributed by atoms with van der Waals surface area (Å²) in [7, 11) is 1.46. The molecule has 2 nitrogen and oxygen atoms in total. The maximum Gasteiger partial charge on any atom is 0.250 e. The minimum Gasteiger partial charge on any atom is -0.359 e. The summed E-state index contributed by atoms with van der Waals surface area (Å²) in [6.45, 7) is 1.67. The molecule has 0 aromatic carbocycles. The van der Waals surface area contributed by atoms with Crippen molar-refractivity contribution in [3.63, 3.8) is 0 Å². The molecule has 1 aliphatic carbocycles. The van der Waals surface area contributed by atoms with Crippen molar-refractivity contribution in [3.05, 3.63) is 0 Å². The molecule has 1 unspecified atom stereocenters. The minimum atomic E-state index is -2.69. The van der Waals surface area contributed by atoms with Gasteiger partial charge in [-0.25, -0.2) is 8.78 Å². The van der Waals surface area contributed by atoms with Gasteiger partial charge in [0.05, 0.1) is 5.41 Å². The Morgan fingerprint density at radius 3 is 2.23 bits per heavy atom. The summed E-state index contributed by atoms with van der Waals surface area (Å²) in [5, 5.41) is 2.07. The van der Waals surface area contributed by atoms with E-state index >= 15 is 0 Å². The van der Waals surface area contributed by atoms with Crippen LogP contribution in [0.4, 0.5) is 8.78 Å². The van der Waals surface area contributed by atoms with Gasteiger partial charge in [-0.15, -0.1) is 0 Å². The molecule has 1 atom stereocenters. The van der Waals surface area contributed by atoms with E-state index in [-0.39, 0.29) is 24.0 Å². The van der Waals surface area contributed by atoms with Gasteiger partial charge < -0.3 is 5.32 Å². The van der Waals surface area contributed by atoms with Crippen LogP contribution in [0.25, 0.3) is 0 Å². The van der Waals surface area contributed by atoms with E-state index in [4.69, 9.17) is 0 Å². The van der Waals surface area contributed by atoms with Crippen molar-refractivity contribution in [2.24, 2.45) is 5.41 Å². The van der Waals surface area contributed by atoms with E-state index in [1.165, 1.54) is 7.05 Å². The number of carbonyl (C=O) groups excluding carboxylic acids is 1. The van der Waals surface area contributed by atoms with Crippen LogP contribution in [-0.2, 0) is 4.79 Å². The van der Waals surface area contributed by atoms with E-state index in [9.17, 15) is 13.6 Å². The molecule has 13 heavy (non-hydrogen) atoms. The van der Waals surface area contributed by atoms with Gasteiger partial charge in [0.15, 0.2) is 0 Å². The van der Waals surface area contributed by atoms with Crippen molar-refractivity contribution >= 4 is 18.5 Å². The molecule has 0 aliphatic heterocycles. The zero-order valence-electron chi connectivity index (χ0n) is 7.60. The highest BCUT2D eigenvalue weighted by molar-refractivity contribution is 7.81. The zero-order valence-corrected chi connectivity index (χ0v) is 8.50. The van der Waals surface area contributed by atoms with E-state index in [1.807, 2.05) is 0 Å². The first-order chi connectivity index (χ1) is 5.84. The zero-order chi connectivity index (χ0) is 10.3. The Kier molecular flexibility index (Phi) is 2.58. The van der Waals surface area contributed by atoms with Crippen LogP contribution in [0.5, 0.6) is 0 Å². The minimum absolute atomic E-state index is 0.332. The number of thiol groups is 1. The molecular weight excluding hydrogens is 196 g/mol. The topological polar surface area (TPSA) is 29.1 Å². The van der Waals surface area contributed by atoms with Gasteiger partial charge in [-0.2, -0.15) is 12.6 Å². The second-order valence-corrected chi connectivity index (χ2v) is 4.40. The summed E-state index contributed by atoms with van der Waals surface area (Å²) in [5.41, 5.74) is -0.971. The van der Waals surface area contributed by atoms with Gasteiger partial charge in [0.1, 0.15) is 0 Å². The van der Waals surface area contributed by atoms with E-state index in [2.05, 4.69) is 17.9 Å². The molecule has 1 N–H and O–H groups in total. The third-order valence-electron chi connectivity index (χ3n) is 2.63. The number of rotatable bonds is 2. The lowest BCUT2D eigenvalue weighted by Crippen LogP contribution is -2.58. The molecule has 0 aromatic rings. The second kappa shape index (κ2) is 3.12. The maximum atomic E-state index is 12.7. The van der Waals surface area contributed by atoms with Crippen LogP contribution in [0.1, 0.15) is 19.8 Å². The van der Waals surface area contributed by atoms with Crippen molar-refractivity contribution in [3.8, 4) is 0 Å². The van der Waals surface area contributed by atoms with Crippen LogP contribution in [-0.4, -0.2) is 24.1 Å². The summed E-state index contributed by atoms with van der Waals surface area (Å²) in [6, 6.07) is 0. The van der Waals surface area contributed by atoms with Crippen LogP contribution >= 0.6 is 12.6 Å². The SMILES string of the molecule is CNC(=O)C1(C(C)S)CC(F)(F)C1. The van der Waals surface area contributed by atoms with E-state index in [0.29, 0.717) is 0 Å². The predicted molar refractivity (Wildman–Crippen MR) is 49.1 cm³/mol. The number of hydrogen-bond donors (Lipinski definition) is 2. The lowest BCUT2D eigenvalue weighted by atomic mass is 9.63. The Balaban J connectivity index is 2.77. The van der Waals surface area contributed by atoms with Crippen LogP contribution in [0.15, 0.2) is 0 Å². The molecule has 0 radical (unpaired) electrons. The highest BCUT2D eigenvalue weighted by atomic mass is 32.1. The van der Waals surface area contributed by atoms with Crippen molar-refractivity contribution in [1.82, 2.24) is 5.32 Å². The predicted octanol–water partition coefficient (Wildman–Crippen LogP) is 1.47. The van der Waals surface area contributed by atoms with Gasteiger partial charge in [-0.05, 0) is 0 Å². The first-order valence-corrected chi connectivity index (χ1v) is 4.64. The number of nitrogens with one attached hydrogen (secondary N) is 1. The Bertz CT molecular complexity index is 222. The van der Waals surface area contributed by atoms with Crippen molar-refractivity contribution in [2.45, 2.75) is 30.9 Å². The Morgan fingerprint density at radius 1 is 1.54 bits per heavy atom. The molecule has 5 heteroatoms. The van der Waals surface area contributed by atoms with Crippen LogP contribution in [0.2, 0.25) is 0 Å². The second-order valence-electron chi connectivity index (χ2n) is 3.62. The van der Waals surface area contributed by atoms with Crippen LogP contribution in [0.3, 0.4) is 0 Å². The van der Waals surface area contributed by atoms with Gasteiger partial charge in [0.2, 0.25) is 11.8 Å². The smallest absolute Gasteiger partial charge is 0.250 e. The van der Waals surface area contributed by atoms with Crippen molar-refractivity contribution < 1.29 is 13.6 Å². The molecular formula is C8H13F2NOS. The van der Waals surface area contributed by atoms with Gasteiger partial charge in [-0.3, -0.25) is 4.79 Å². The fourth-order valence-corrected chi connectivity index (χ4v) is 2.07. The summed E-state index contributed by atoms with van der Waals surface area (Å²) < 4.78 is 25.4. The Labute approximate surface area is 81.5 Å². The Morgan fingerprint density at radius 2 is 2.00 bits per heavy atom. The van der Waals surface area contributed by atoms with Crippen LogP contribution < -0.4 is 5.32 Å². The third kappa shape index (κ3) is 1.66. The Hall–Kier alpha value is -0.320. The molecule has 1 amide bonds. The van der Waals surface area contributed by atoms with Gasteiger partial charge in [0.25, 0.3) is 0 Å². The average molecular weight is 209 g/mol. The third-order valence-corrected chi connectivity index (χ3v) is 3.12. The number of amides is 1. The van der Waals surface area contributed by atoms with E-state index in [1.54, 1.807) is 6.92 Å². The van der Waals surface area contributed by atoms with Gasteiger partial charge >= 0.3 is 0 Å². The van der Waals surface area contributed by atoms with Crippen LogP contribution in [0, 0.1) is 5.41 Å². The molecule has 76 valence electrons. The van der Waals surface area contributed by atoms with E-state index in [0.717, 1.165) is 0 Å². The summed E-state index contributed by atoms with van der Waals surface area (Å²) >= 11 is 4.09. The van der Waals surface area contributed by atoms with Gasteiger partial charge in [0, 0.05) is 25.1 Å². The quantitative estimate of drug-likeness (QED) is 0.662. The highest BCUT2D eigenvalue weighted by Crippen LogP contribution is 2.55. The molecule has 0 bridgehead atoms. The first kappa shape index (κ1) is 10.8. The van der Waals surface area contributed by atoms with Gasteiger partial charge in [-0.1, -0.05) is 6.92 Å². The highest BCUT2D eigenvalue weighted by Gasteiger charge is 2.62. The van der Waals surface area contributed by atoms with E-state index < -0.39 is 11.3 Å². The maximum absolute atomic E-state index is 12.7. The summed E-state index contributed by atoms with van der Waals surface area (Å²) in [5.74, 6) is -3.02. The molecule has 0 saturated heterocycles. The molecule has 0 spiro atoms. The standard InChI is InChI=1S/C8H13F2NOS/c1-5(13)7(6(12)11-2)3-8(9,10)4-7/h5,13H,3-4H2,1-2H3,(H,11,12). The lowest BCUT2D eigenvalue weighted by Gasteiger charge is -2.47. The molecule has 0 aromatic heterocycles. The number of hydrogen-bond acceptors (Lipinski definition) is 2.